The Labute approximate surface area is 131 Å². The molecule has 4 nitrogen and oxygen atoms in total. The fourth-order valence-electron chi connectivity index (χ4n) is 1.96. The quantitative estimate of drug-likeness (QED) is 0.769. The third-order valence-corrected chi connectivity index (χ3v) is 4.97. The summed E-state index contributed by atoms with van der Waals surface area (Å²) >= 11 is 0. The maximum atomic E-state index is 11.5. The Morgan fingerprint density at radius 2 is 1.86 bits per heavy atom. The molecule has 0 aliphatic carbocycles. The molecule has 0 saturated heterocycles. The molecule has 0 heterocycles. The van der Waals surface area contributed by atoms with Crippen LogP contribution in [0.1, 0.15) is 37.0 Å². The van der Waals surface area contributed by atoms with Gasteiger partial charge >= 0.3 is 0 Å². The highest BCUT2D eigenvalue weighted by atomic mass is 35.7. The lowest BCUT2D eigenvalue weighted by molar-refractivity contribution is 0.261. The highest BCUT2D eigenvalue weighted by Gasteiger charge is 2.21. The average Bonchev–Trinajstić information content (AvgIpc) is 2.36. The van der Waals surface area contributed by atoms with Gasteiger partial charge in [0.05, 0.1) is 23.0 Å². The second-order valence-corrected chi connectivity index (χ2v) is 8.34. The minimum atomic E-state index is -3.77. The predicted octanol–water partition coefficient (Wildman–Crippen LogP) is 3.86. The van der Waals surface area contributed by atoms with Gasteiger partial charge in [0, 0.05) is 10.7 Å². The van der Waals surface area contributed by atoms with Crippen LogP contribution >= 0.6 is 10.7 Å². The number of aryl methyl sites for hydroxylation is 1. The maximum Gasteiger partial charge on any atom is 0.261 e. The third-order valence-electron chi connectivity index (χ3n) is 3.52. The van der Waals surface area contributed by atoms with E-state index in [1.165, 1.54) is 6.07 Å². The van der Waals surface area contributed by atoms with Gasteiger partial charge in [-0.25, -0.2) is 8.42 Å². The molecule has 0 aliphatic rings. The van der Waals surface area contributed by atoms with Crippen molar-refractivity contribution in [2.24, 2.45) is 5.41 Å². The van der Waals surface area contributed by atoms with Crippen LogP contribution in [0.15, 0.2) is 11.0 Å². The Hall–Kier alpha value is -1.25. The molecule has 0 radical (unpaired) electrons. The predicted molar refractivity (Wildman–Crippen MR) is 83.2 cm³/mol. The molecule has 0 atom stereocenters. The van der Waals surface area contributed by atoms with Crippen LogP contribution in [-0.2, 0) is 9.05 Å². The van der Waals surface area contributed by atoms with Crippen molar-refractivity contribution < 1.29 is 13.2 Å². The lowest BCUT2D eigenvalue weighted by Crippen LogP contribution is -2.14. The molecule has 1 aromatic rings. The summed E-state index contributed by atoms with van der Waals surface area (Å²) in [5.41, 5.74) is 1.61. The van der Waals surface area contributed by atoms with Gasteiger partial charge in [0.25, 0.3) is 9.05 Å². The summed E-state index contributed by atoms with van der Waals surface area (Å²) in [5, 5.41) is 8.98. The van der Waals surface area contributed by atoms with E-state index in [0.29, 0.717) is 29.9 Å². The highest BCUT2D eigenvalue weighted by Crippen LogP contribution is 2.33. The van der Waals surface area contributed by atoms with Gasteiger partial charge in [0.1, 0.15) is 5.75 Å². The first-order chi connectivity index (χ1) is 9.49. The van der Waals surface area contributed by atoms with Crippen LogP contribution in [0.5, 0.6) is 5.75 Å². The van der Waals surface area contributed by atoms with Crippen LogP contribution in [0.25, 0.3) is 0 Å². The molecule has 0 spiro atoms. The number of halogens is 1. The number of nitriles is 1. The van der Waals surface area contributed by atoms with Crippen molar-refractivity contribution in [2.75, 3.05) is 6.61 Å². The summed E-state index contributed by atoms with van der Waals surface area (Å²) in [7, 11) is 1.67. The van der Waals surface area contributed by atoms with E-state index in [2.05, 4.69) is 6.07 Å². The first-order valence-electron chi connectivity index (χ1n) is 6.59. The molecule has 0 N–H and O–H groups in total. The molecule has 0 aliphatic heterocycles. The van der Waals surface area contributed by atoms with E-state index >= 15 is 0 Å². The van der Waals surface area contributed by atoms with Crippen molar-refractivity contribution in [1.82, 2.24) is 0 Å². The van der Waals surface area contributed by atoms with Crippen LogP contribution in [0.4, 0.5) is 0 Å². The molecule has 1 rings (SSSR count). The summed E-state index contributed by atoms with van der Waals surface area (Å²) in [6.45, 7) is 9.39. The second-order valence-electron chi connectivity index (χ2n) is 5.80. The van der Waals surface area contributed by atoms with Crippen LogP contribution in [0, 0.1) is 37.5 Å². The summed E-state index contributed by atoms with van der Waals surface area (Å²) in [5.74, 6) is 0.658. The molecule has 0 unspecified atom stereocenters. The summed E-state index contributed by atoms with van der Waals surface area (Å²) in [4.78, 5) is 0.115. The SMILES string of the molecule is Cc1cc(S(=O)(=O)Cl)c(C)c(C)c1OCCC(C)(C)C#N. The summed E-state index contributed by atoms with van der Waals surface area (Å²) in [6.07, 6.45) is 0.594. The number of rotatable bonds is 5. The van der Waals surface area contributed by atoms with Crippen molar-refractivity contribution in [3.63, 3.8) is 0 Å². The van der Waals surface area contributed by atoms with Crippen LogP contribution in [0.2, 0.25) is 0 Å². The molecule has 116 valence electrons. The van der Waals surface area contributed by atoms with Crippen molar-refractivity contribution in [2.45, 2.75) is 45.9 Å². The second kappa shape index (κ2) is 6.25. The number of hydrogen-bond acceptors (Lipinski definition) is 4. The minimum Gasteiger partial charge on any atom is -0.493 e. The fraction of sp³-hybridized carbons (Fsp3) is 0.533. The zero-order chi connectivity index (χ0) is 16.4. The zero-order valence-electron chi connectivity index (χ0n) is 12.9. The lowest BCUT2D eigenvalue weighted by atomic mass is 9.92. The van der Waals surface area contributed by atoms with Gasteiger partial charge in [-0.3, -0.25) is 0 Å². The molecule has 1 aromatic carbocycles. The topological polar surface area (TPSA) is 67.2 Å². The van der Waals surface area contributed by atoms with Crippen molar-refractivity contribution in [3.8, 4) is 11.8 Å². The molecule has 0 amide bonds. The smallest absolute Gasteiger partial charge is 0.261 e. The molecule has 0 saturated carbocycles. The third kappa shape index (κ3) is 4.36. The van der Waals surface area contributed by atoms with E-state index in [-0.39, 0.29) is 4.90 Å². The normalized spacial score (nSPS) is 12.0. The first kappa shape index (κ1) is 17.8. The fourth-order valence-corrected chi connectivity index (χ4v) is 3.28. The summed E-state index contributed by atoms with van der Waals surface area (Å²) in [6, 6.07) is 3.74. The Bertz CT molecular complexity index is 688. The van der Waals surface area contributed by atoms with Gasteiger partial charge in [0.2, 0.25) is 0 Å². The summed E-state index contributed by atoms with van der Waals surface area (Å²) < 4.78 is 28.8. The standard InChI is InChI=1S/C15H20ClNO3S/c1-10-8-13(21(16,18)19)11(2)12(3)14(10)20-7-6-15(4,5)9-17/h8H,6-7H2,1-5H3. The highest BCUT2D eigenvalue weighted by molar-refractivity contribution is 8.13. The number of nitrogens with zero attached hydrogens (tertiary/aromatic N) is 1. The Morgan fingerprint density at radius 3 is 2.33 bits per heavy atom. The van der Waals surface area contributed by atoms with E-state index in [1.54, 1.807) is 20.8 Å². The number of benzene rings is 1. The van der Waals surface area contributed by atoms with Gasteiger partial charge in [-0.15, -0.1) is 0 Å². The monoisotopic (exact) mass is 329 g/mol. The van der Waals surface area contributed by atoms with Gasteiger partial charge in [-0.05, 0) is 63.8 Å². The number of hydrogen-bond donors (Lipinski definition) is 0. The molecule has 0 fully saturated rings. The minimum absolute atomic E-state index is 0.115. The van der Waals surface area contributed by atoms with Crippen LogP contribution in [0.3, 0.4) is 0 Å². The molecule has 0 aromatic heterocycles. The molecule has 0 bridgehead atoms. The van der Waals surface area contributed by atoms with Crippen LogP contribution < -0.4 is 4.74 Å². The lowest BCUT2D eigenvalue weighted by Gasteiger charge is -2.19. The Kier molecular flexibility index (Phi) is 5.30. The zero-order valence-corrected chi connectivity index (χ0v) is 14.5. The average molecular weight is 330 g/mol. The van der Waals surface area contributed by atoms with E-state index in [0.717, 1.165) is 5.56 Å². The largest absolute Gasteiger partial charge is 0.493 e. The first-order valence-corrected chi connectivity index (χ1v) is 8.90. The number of ether oxygens (including phenoxy) is 1. The van der Waals surface area contributed by atoms with E-state index < -0.39 is 14.5 Å². The molecule has 6 heteroatoms. The van der Waals surface area contributed by atoms with E-state index in [1.807, 2.05) is 13.8 Å². The van der Waals surface area contributed by atoms with Gasteiger partial charge < -0.3 is 4.74 Å². The maximum absolute atomic E-state index is 11.5. The van der Waals surface area contributed by atoms with Crippen molar-refractivity contribution >= 4 is 19.7 Å². The van der Waals surface area contributed by atoms with Crippen LogP contribution in [-0.4, -0.2) is 15.0 Å². The van der Waals surface area contributed by atoms with Crippen molar-refractivity contribution in [1.29, 1.82) is 5.26 Å². The Morgan fingerprint density at radius 1 is 1.29 bits per heavy atom. The van der Waals surface area contributed by atoms with E-state index in [4.69, 9.17) is 20.7 Å². The molecule has 21 heavy (non-hydrogen) atoms. The van der Waals surface area contributed by atoms with Gasteiger partial charge in [0.15, 0.2) is 0 Å². The Balaban J connectivity index is 3.07. The van der Waals surface area contributed by atoms with Gasteiger partial charge in [-0.1, -0.05) is 0 Å². The molecular formula is C15H20ClNO3S. The van der Waals surface area contributed by atoms with E-state index in [9.17, 15) is 8.42 Å². The molecular weight excluding hydrogens is 310 g/mol. The van der Waals surface area contributed by atoms with Gasteiger partial charge in [-0.2, -0.15) is 5.26 Å². The van der Waals surface area contributed by atoms with Crippen molar-refractivity contribution in [3.05, 3.63) is 22.8 Å².